The molecule has 2 heterocycles. The number of nitrogens with zero attached hydrogens (tertiary/aromatic N) is 1. The fraction of sp³-hybridized carbons (Fsp3) is 0.269. The van der Waals surface area contributed by atoms with Crippen molar-refractivity contribution in [2.24, 2.45) is 0 Å². The van der Waals surface area contributed by atoms with Gasteiger partial charge in [0.15, 0.2) is 0 Å². The van der Waals surface area contributed by atoms with Crippen molar-refractivity contribution < 1.29 is 9.53 Å². The highest BCUT2D eigenvalue weighted by Gasteiger charge is 2.59. The molecular formula is C26H26N2O2. The van der Waals surface area contributed by atoms with E-state index in [9.17, 15) is 4.79 Å². The number of piperazine rings is 1. The predicted octanol–water partition coefficient (Wildman–Crippen LogP) is 3.64. The van der Waals surface area contributed by atoms with E-state index in [1.807, 2.05) is 36.4 Å². The van der Waals surface area contributed by atoms with Crippen molar-refractivity contribution in [1.82, 2.24) is 10.2 Å². The van der Waals surface area contributed by atoms with Gasteiger partial charge in [-0.05, 0) is 18.9 Å². The molecule has 30 heavy (non-hydrogen) atoms. The van der Waals surface area contributed by atoms with Crippen molar-refractivity contribution in [3.05, 3.63) is 107 Å². The Balaban J connectivity index is 1.64. The van der Waals surface area contributed by atoms with Gasteiger partial charge in [-0.25, -0.2) is 4.90 Å². The van der Waals surface area contributed by atoms with Crippen LogP contribution in [0.3, 0.4) is 0 Å². The molecule has 2 aliphatic rings. The first-order valence-corrected chi connectivity index (χ1v) is 10.6. The van der Waals surface area contributed by atoms with Crippen LogP contribution in [0.4, 0.5) is 0 Å². The van der Waals surface area contributed by atoms with Gasteiger partial charge in [0.05, 0.1) is 0 Å². The maximum Gasteiger partial charge on any atom is 0.327 e. The Bertz CT molecular complexity index is 978. The quantitative estimate of drug-likeness (QED) is 0.682. The Hall–Kier alpha value is -2.95. The molecule has 2 unspecified atom stereocenters. The average molecular weight is 399 g/mol. The van der Waals surface area contributed by atoms with Crippen LogP contribution in [0, 0.1) is 6.92 Å². The Morgan fingerprint density at radius 3 is 2.10 bits per heavy atom. The van der Waals surface area contributed by atoms with E-state index in [0.717, 1.165) is 24.1 Å². The lowest BCUT2D eigenvalue weighted by molar-refractivity contribution is -0.150. The van der Waals surface area contributed by atoms with E-state index in [2.05, 4.69) is 65.7 Å². The molecule has 0 bridgehead atoms. The SMILES string of the molecule is Cc1ccc(CC2CNCC3C(=O)OC(c4ccccc4)(c4ccccc4)N23)cc1. The number of ether oxygens (including phenoxy) is 1. The number of aryl methyl sites for hydroxylation is 1. The van der Waals surface area contributed by atoms with E-state index in [4.69, 9.17) is 4.74 Å². The number of fused-ring (bicyclic) bond motifs is 1. The van der Waals surface area contributed by atoms with Gasteiger partial charge < -0.3 is 10.1 Å². The number of hydrogen-bond acceptors (Lipinski definition) is 4. The number of nitrogens with one attached hydrogen (secondary N) is 1. The van der Waals surface area contributed by atoms with Crippen molar-refractivity contribution in [3.8, 4) is 0 Å². The van der Waals surface area contributed by atoms with Crippen molar-refractivity contribution in [2.75, 3.05) is 13.1 Å². The third kappa shape index (κ3) is 3.13. The lowest BCUT2D eigenvalue weighted by atomic mass is 9.88. The second-order valence-electron chi connectivity index (χ2n) is 8.22. The average Bonchev–Trinajstić information content (AvgIpc) is 3.11. The van der Waals surface area contributed by atoms with Gasteiger partial charge in [-0.15, -0.1) is 0 Å². The molecule has 0 aliphatic carbocycles. The first kappa shape index (κ1) is 19.0. The van der Waals surface area contributed by atoms with Crippen LogP contribution >= 0.6 is 0 Å². The Morgan fingerprint density at radius 2 is 1.50 bits per heavy atom. The number of cyclic esters (lactones) is 1. The van der Waals surface area contributed by atoms with Crippen molar-refractivity contribution in [2.45, 2.75) is 31.2 Å². The van der Waals surface area contributed by atoms with Gasteiger partial charge in [0.2, 0.25) is 5.72 Å². The lowest BCUT2D eigenvalue weighted by Crippen LogP contribution is -2.62. The van der Waals surface area contributed by atoms with Crippen LogP contribution in [0.2, 0.25) is 0 Å². The van der Waals surface area contributed by atoms with Crippen LogP contribution < -0.4 is 5.32 Å². The molecule has 2 fully saturated rings. The zero-order chi connectivity index (χ0) is 20.6. The van der Waals surface area contributed by atoms with Gasteiger partial charge >= 0.3 is 5.97 Å². The highest BCUT2D eigenvalue weighted by Crippen LogP contribution is 2.46. The molecule has 4 nitrogen and oxygen atoms in total. The smallest absolute Gasteiger partial charge is 0.327 e. The van der Waals surface area contributed by atoms with Crippen LogP contribution in [-0.4, -0.2) is 36.0 Å². The molecule has 2 aliphatic heterocycles. The maximum absolute atomic E-state index is 13.1. The zero-order valence-corrected chi connectivity index (χ0v) is 17.1. The highest BCUT2D eigenvalue weighted by molar-refractivity contribution is 5.80. The molecule has 0 radical (unpaired) electrons. The van der Waals surface area contributed by atoms with Crippen LogP contribution in [-0.2, 0) is 21.7 Å². The molecule has 5 rings (SSSR count). The topological polar surface area (TPSA) is 41.6 Å². The molecule has 0 aromatic heterocycles. The molecule has 0 amide bonds. The van der Waals surface area contributed by atoms with Crippen LogP contribution in [0.15, 0.2) is 84.9 Å². The molecule has 4 heteroatoms. The van der Waals surface area contributed by atoms with Crippen LogP contribution in [0.5, 0.6) is 0 Å². The van der Waals surface area contributed by atoms with E-state index in [-0.39, 0.29) is 18.1 Å². The Morgan fingerprint density at radius 1 is 0.900 bits per heavy atom. The first-order chi connectivity index (χ1) is 14.7. The third-order valence-electron chi connectivity index (χ3n) is 6.25. The van der Waals surface area contributed by atoms with Gasteiger partial charge in [-0.3, -0.25) is 4.79 Å². The number of carbonyl (C=O) groups is 1. The van der Waals surface area contributed by atoms with E-state index in [0.29, 0.717) is 6.54 Å². The van der Waals surface area contributed by atoms with Gasteiger partial charge in [-0.2, -0.15) is 0 Å². The Kier molecular flexibility index (Phi) is 4.89. The minimum atomic E-state index is -0.915. The van der Waals surface area contributed by atoms with Crippen molar-refractivity contribution in [1.29, 1.82) is 0 Å². The number of rotatable bonds is 4. The molecule has 152 valence electrons. The second-order valence-corrected chi connectivity index (χ2v) is 8.22. The summed E-state index contributed by atoms with van der Waals surface area (Å²) in [6.45, 7) is 3.51. The normalized spacial score (nSPS) is 23.0. The molecule has 0 saturated carbocycles. The van der Waals surface area contributed by atoms with Gasteiger partial charge in [0.1, 0.15) is 6.04 Å². The molecule has 3 aromatic rings. The highest BCUT2D eigenvalue weighted by atomic mass is 16.6. The monoisotopic (exact) mass is 398 g/mol. The summed E-state index contributed by atoms with van der Waals surface area (Å²) in [6.07, 6.45) is 0.849. The van der Waals surface area contributed by atoms with Gasteiger partial charge in [0.25, 0.3) is 0 Å². The zero-order valence-electron chi connectivity index (χ0n) is 17.1. The van der Waals surface area contributed by atoms with Crippen LogP contribution in [0.25, 0.3) is 0 Å². The number of benzene rings is 3. The molecule has 2 atom stereocenters. The van der Waals surface area contributed by atoms with Crippen LogP contribution in [0.1, 0.15) is 22.3 Å². The minimum Gasteiger partial charge on any atom is -0.434 e. The summed E-state index contributed by atoms with van der Waals surface area (Å²) in [4.78, 5) is 15.4. The Labute approximate surface area is 177 Å². The number of esters is 1. The van der Waals surface area contributed by atoms with Gasteiger partial charge in [0, 0.05) is 30.3 Å². The standard InChI is InChI=1S/C26H26N2O2/c1-19-12-14-20(15-13-19)16-23-17-27-18-24-25(29)30-26(28(23)24,21-8-4-2-5-9-21)22-10-6-3-7-11-22/h2-15,23-24,27H,16-18H2,1H3. The molecule has 0 spiro atoms. The summed E-state index contributed by atoms with van der Waals surface area (Å²) in [5, 5.41) is 3.47. The largest absolute Gasteiger partial charge is 0.434 e. The van der Waals surface area contributed by atoms with E-state index < -0.39 is 5.72 Å². The fourth-order valence-corrected chi connectivity index (χ4v) is 4.86. The maximum atomic E-state index is 13.1. The van der Waals surface area contributed by atoms with Crippen molar-refractivity contribution in [3.63, 3.8) is 0 Å². The van der Waals surface area contributed by atoms with Gasteiger partial charge in [-0.1, -0.05) is 90.5 Å². The van der Waals surface area contributed by atoms with E-state index in [1.54, 1.807) is 0 Å². The van der Waals surface area contributed by atoms with Crippen molar-refractivity contribution >= 4 is 5.97 Å². The number of hydrogen-bond donors (Lipinski definition) is 1. The summed E-state index contributed by atoms with van der Waals surface area (Å²) in [5.74, 6) is -0.163. The number of carbonyl (C=O) groups excluding carboxylic acids is 1. The summed E-state index contributed by atoms with van der Waals surface area (Å²) >= 11 is 0. The lowest BCUT2D eigenvalue weighted by Gasteiger charge is -2.45. The second kappa shape index (κ2) is 7.71. The molecule has 1 N–H and O–H groups in total. The van der Waals surface area contributed by atoms with E-state index in [1.165, 1.54) is 11.1 Å². The minimum absolute atomic E-state index is 0.123. The third-order valence-corrected chi connectivity index (χ3v) is 6.25. The summed E-state index contributed by atoms with van der Waals surface area (Å²) in [7, 11) is 0. The summed E-state index contributed by atoms with van der Waals surface area (Å²) < 4.78 is 6.30. The molecule has 3 aromatic carbocycles. The predicted molar refractivity (Wildman–Crippen MR) is 117 cm³/mol. The summed E-state index contributed by atoms with van der Waals surface area (Å²) in [6, 6.07) is 28.8. The fourth-order valence-electron chi connectivity index (χ4n) is 4.86. The molecule has 2 saturated heterocycles. The first-order valence-electron chi connectivity index (χ1n) is 10.6. The van der Waals surface area contributed by atoms with E-state index >= 15 is 0 Å². The molecular weight excluding hydrogens is 372 g/mol. The summed E-state index contributed by atoms with van der Waals surface area (Å²) in [5.41, 5.74) is 3.58.